The fourth-order valence-corrected chi connectivity index (χ4v) is 3.45. The van der Waals surface area contributed by atoms with Gasteiger partial charge in [-0.2, -0.15) is 0 Å². The van der Waals surface area contributed by atoms with Crippen LogP contribution in [-0.2, 0) is 34.0 Å². The van der Waals surface area contributed by atoms with Crippen molar-refractivity contribution in [2.75, 3.05) is 5.32 Å². The fraction of sp³-hybridized carbons (Fsp3) is 0.458. The van der Waals surface area contributed by atoms with Gasteiger partial charge < -0.3 is 10.1 Å². The zero-order valence-corrected chi connectivity index (χ0v) is 20.2. The molecule has 2 heterocycles. The normalized spacial score (nSPS) is 11.6. The van der Waals surface area contributed by atoms with Crippen LogP contribution in [0, 0.1) is 5.41 Å². The summed E-state index contributed by atoms with van der Waals surface area (Å²) in [5.74, 6) is -0.111. The minimum absolute atomic E-state index is 0.167. The molecule has 0 saturated carbocycles. The van der Waals surface area contributed by atoms with E-state index in [0.29, 0.717) is 24.5 Å². The smallest absolute Gasteiger partial charge is 0.330 e. The van der Waals surface area contributed by atoms with Gasteiger partial charge >= 0.3 is 11.7 Å². The third-order valence-electron chi connectivity index (χ3n) is 5.27. The van der Waals surface area contributed by atoms with Crippen molar-refractivity contribution in [2.24, 2.45) is 5.41 Å². The maximum Gasteiger partial charge on any atom is 0.330 e. The van der Waals surface area contributed by atoms with Gasteiger partial charge in [-0.25, -0.2) is 9.78 Å². The summed E-state index contributed by atoms with van der Waals surface area (Å²) >= 11 is 0. The van der Waals surface area contributed by atoms with Crippen molar-refractivity contribution >= 4 is 28.7 Å². The van der Waals surface area contributed by atoms with Gasteiger partial charge in [0.05, 0.1) is 5.41 Å². The maximum absolute atomic E-state index is 12.8. The van der Waals surface area contributed by atoms with Crippen LogP contribution in [0.5, 0.6) is 0 Å². The number of aromatic nitrogens is 4. The molecule has 0 aliphatic heterocycles. The number of ether oxygens (including phenoxy) is 1. The van der Waals surface area contributed by atoms with E-state index < -0.39 is 22.6 Å². The molecule has 0 fully saturated rings. The van der Waals surface area contributed by atoms with Crippen molar-refractivity contribution in [1.82, 2.24) is 19.1 Å². The zero-order chi connectivity index (χ0) is 25.0. The number of esters is 1. The number of imidazole rings is 1. The lowest BCUT2D eigenvalue weighted by Crippen LogP contribution is -2.31. The zero-order valence-electron chi connectivity index (χ0n) is 20.2. The summed E-state index contributed by atoms with van der Waals surface area (Å²) in [6.45, 7) is 8.88. The first-order valence-corrected chi connectivity index (χ1v) is 11.3. The molecule has 1 amide bonds. The lowest BCUT2D eigenvalue weighted by molar-refractivity contribution is -0.156. The van der Waals surface area contributed by atoms with Crippen molar-refractivity contribution in [3.8, 4) is 0 Å². The highest BCUT2D eigenvalue weighted by atomic mass is 16.5. The summed E-state index contributed by atoms with van der Waals surface area (Å²) in [5.41, 5.74) is 0.153. The van der Waals surface area contributed by atoms with Gasteiger partial charge in [-0.05, 0) is 44.9 Å². The molecule has 2 aromatic heterocycles. The molecule has 0 atom stereocenters. The number of aromatic amines is 1. The number of hydrogen-bond donors (Lipinski definition) is 2. The van der Waals surface area contributed by atoms with Crippen LogP contribution in [0.1, 0.15) is 58.8 Å². The van der Waals surface area contributed by atoms with Crippen molar-refractivity contribution in [3.63, 3.8) is 0 Å². The average molecular weight is 470 g/mol. The third kappa shape index (κ3) is 5.62. The first-order valence-electron chi connectivity index (χ1n) is 11.3. The van der Waals surface area contributed by atoms with E-state index in [1.54, 1.807) is 37.5 Å². The van der Waals surface area contributed by atoms with Crippen molar-refractivity contribution < 1.29 is 14.3 Å². The Morgan fingerprint density at radius 2 is 1.79 bits per heavy atom. The van der Waals surface area contributed by atoms with Crippen LogP contribution in [-0.4, -0.2) is 31.0 Å². The number of H-pyrrole nitrogens is 1. The van der Waals surface area contributed by atoms with Gasteiger partial charge in [-0.1, -0.05) is 25.5 Å². The second kappa shape index (κ2) is 10.1. The number of unbranched alkanes of at least 4 members (excludes halogenated alkanes) is 1. The second-order valence-corrected chi connectivity index (χ2v) is 9.26. The topological polar surface area (TPSA) is 128 Å². The maximum atomic E-state index is 12.8. The summed E-state index contributed by atoms with van der Waals surface area (Å²) < 4.78 is 8.50. The van der Waals surface area contributed by atoms with Gasteiger partial charge in [-0.15, -0.1) is 0 Å². The first kappa shape index (κ1) is 24.9. The monoisotopic (exact) mass is 469 g/mol. The van der Waals surface area contributed by atoms with Gasteiger partial charge in [0, 0.05) is 25.6 Å². The van der Waals surface area contributed by atoms with Gasteiger partial charge in [0.25, 0.3) is 5.56 Å². The first-order chi connectivity index (χ1) is 16.0. The molecule has 34 heavy (non-hydrogen) atoms. The standard InChI is InChI=1S/C24H31N5O5/c1-6-7-12-28-20-19(21(31)27-23(28)33)29(14-34-22(32)24(3,4)5)18(26-20)13-16-8-10-17(11-9-16)25-15(2)30/h8-11H,6-7,12-14H2,1-5H3,(H,25,30)(H,27,31,33). The van der Waals surface area contributed by atoms with Crippen LogP contribution in [0.2, 0.25) is 0 Å². The van der Waals surface area contributed by atoms with Crippen LogP contribution < -0.4 is 16.6 Å². The van der Waals surface area contributed by atoms with Gasteiger partial charge in [0.15, 0.2) is 17.9 Å². The molecule has 1 aromatic carbocycles. The molecular weight excluding hydrogens is 438 g/mol. The van der Waals surface area contributed by atoms with Gasteiger partial charge in [0.2, 0.25) is 5.91 Å². The number of carbonyl (C=O) groups is 2. The minimum Gasteiger partial charge on any atom is -0.443 e. The van der Waals surface area contributed by atoms with Gasteiger partial charge in [-0.3, -0.25) is 28.5 Å². The second-order valence-electron chi connectivity index (χ2n) is 9.26. The number of anilines is 1. The number of fused-ring (bicyclic) bond motifs is 1. The Kier molecular flexibility index (Phi) is 7.38. The Bertz CT molecular complexity index is 1310. The van der Waals surface area contributed by atoms with Crippen LogP contribution in [0.4, 0.5) is 5.69 Å². The van der Waals surface area contributed by atoms with Crippen LogP contribution in [0.15, 0.2) is 33.9 Å². The lowest BCUT2D eigenvalue weighted by atomic mass is 9.98. The van der Waals surface area contributed by atoms with E-state index in [0.717, 1.165) is 18.4 Å². The predicted octanol–water partition coefficient (Wildman–Crippen LogP) is 2.78. The SMILES string of the molecule is CCCCn1c(=O)[nH]c(=O)c2c1nc(Cc1ccc(NC(C)=O)cc1)n2COC(=O)C(C)(C)C. The van der Waals surface area contributed by atoms with Crippen molar-refractivity contribution in [3.05, 3.63) is 56.5 Å². The highest BCUT2D eigenvalue weighted by molar-refractivity contribution is 5.88. The number of hydrogen-bond acceptors (Lipinski definition) is 6. The molecule has 0 aliphatic carbocycles. The predicted molar refractivity (Wildman–Crippen MR) is 129 cm³/mol. The van der Waals surface area contributed by atoms with Crippen LogP contribution in [0.25, 0.3) is 11.2 Å². The summed E-state index contributed by atoms with van der Waals surface area (Å²) in [7, 11) is 0. The molecule has 0 aliphatic rings. The van der Waals surface area contributed by atoms with E-state index >= 15 is 0 Å². The lowest BCUT2D eigenvalue weighted by Gasteiger charge is -2.17. The van der Waals surface area contributed by atoms with E-state index in [1.165, 1.54) is 11.5 Å². The average Bonchev–Trinajstić information content (AvgIpc) is 3.10. The van der Waals surface area contributed by atoms with E-state index in [2.05, 4.69) is 15.3 Å². The van der Waals surface area contributed by atoms with E-state index in [4.69, 9.17) is 4.74 Å². The summed E-state index contributed by atoms with van der Waals surface area (Å²) in [6.07, 6.45) is 1.93. The molecular formula is C24H31N5O5. The molecule has 10 heteroatoms. The van der Waals surface area contributed by atoms with Crippen LogP contribution in [0.3, 0.4) is 0 Å². The molecule has 0 bridgehead atoms. The number of rotatable bonds is 8. The number of benzene rings is 1. The van der Waals surface area contributed by atoms with E-state index in [9.17, 15) is 19.2 Å². The van der Waals surface area contributed by atoms with E-state index in [1.807, 2.05) is 19.1 Å². The van der Waals surface area contributed by atoms with Crippen molar-refractivity contribution in [2.45, 2.75) is 67.2 Å². The van der Waals surface area contributed by atoms with E-state index in [-0.39, 0.29) is 23.8 Å². The minimum atomic E-state index is -0.717. The molecule has 0 spiro atoms. The number of nitrogens with zero attached hydrogens (tertiary/aromatic N) is 3. The Morgan fingerprint density at radius 3 is 2.38 bits per heavy atom. The number of amides is 1. The van der Waals surface area contributed by atoms with Crippen LogP contribution >= 0.6 is 0 Å². The molecule has 0 unspecified atom stereocenters. The summed E-state index contributed by atoms with van der Waals surface area (Å²) in [4.78, 5) is 56.0. The largest absolute Gasteiger partial charge is 0.443 e. The fourth-order valence-electron chi connectivity index (χ4n) is 3.45. The molecule has 2 N–H and O–H groups in total. The summed E-state index contributed by atoms with van der Waals surface area (Å²) in [6, 6.07) is 7.22. The third-order valence-corrected chi connectivity index (χ3v) is 5.27. The van der Waals surface area contributed by atoms with Crippen molar-refractivity contribution in [1.29, 1.82) is 0 Å². The summed E-state index contributed by atoms with van der Waals surface area (Å²) in [5, 5.41) is 2.72. The molecule has 0 radical (unpaired) electrons. The molecule has 10 nitrogen and oxygen atoms in total. The quantitative estimate of drug-likeness (QED) is 0.488. The molecule has 3 rings (SSSR count). The Balaban J connectivity index is 2.08. The molecule has 3 aromatic rings. The highest BCUT2D eigenvalue weighted by Crippen LogP contribution is 2.20. The highest BCUT2D eigenvalue weighted by Gasteiger charge is 2.25. The van der Waals surface area contributed by atoms with Gasteiger partial charge in [0.1, 0.15) is 5.82 Å². The Hall–Kier alpha value is -3.69. The molecule has 182 valence electrons. The number of aryl methyl sites for hydroxylation is 1. The Morgan fingerprint density at radius 1 is 1.12 bits per heavy atom. The Labute approximate surface area is 197 Å². The molecule has 0 saturated heterocycles. The number of nitrogens with one attached hydrogen (secondary N) is 2. The number of carbonyl (C=O) groups excluding carboxylic acids is 2.